The zero-order valence-electron chi connectivity index (χ0n) is 8.12. The lowest BCUT2D eigenvalue weighted by atomic mass is 10.2. The van der Waals surface area contributed by atoms with Crippen LogP contribution in [-0.2, 0) is 14.3 Å². The molecule has 0 bridgehead atoms. The van der Waals surface area contributed by atoms with E-state index in [1.54, 1.807) is 0 Å². The van der Waals surface area contributed by atoms with E-state index in [0.717, 1.165) is 0 Å². The molecule has 0 unspecified atom stereocenters. The quantitative estimate of drug-likeness (QED) is 0.527. The topological polar surface area (TPSA) is 64.6 Å². The van der Waals surface area contributed by atoms with E-state index in [4.69, 9.17) is 0 Å². The molecule has 0 heterocycles. The van der Waals surface area contributed by atoms with Gasteiger partial charge < -0.3 is 14.8 Å². The maximum Gasteiger partial charge on any atom is 0.410 e. The van der Waals surface area contributed by atoms with Gasteiger partial charge in [-0.05, 0) is 5.92 Å². The van der Waals surface area contributed by atoms with Crippen molar-refractivity contribution in [2.24, 2.45) is 5.92 Å². The van der Waals surface area contributed by atoms with E-state index in [-0.39, 0.29) is 6.79 Å². The molecule has 0 atom stereocenters. The third kappa shape index (κ3) is 8.65. The van der Waals surface area contributed by atoms with Gasteiger partial charge in [-0.3, -0.25) is 4.79 Å². The number of carbonyl (C=O) groups is 2. The molecule has 0 spiro atoms. The summed E-state index contributed by atoms with van der Waals surface area (Å²) in [6, 6.07) is 0. The van der Waals surface area contributed by atoms with E-state index >= 15 is 0 Å². The van der Waals surface area contributed by atoms with Crippen molar-refractivity contribution in [3.63, 3.8) is 0 Å². The van der Waals surface area contributed by atoms with Crippen LogP contribution in [0.1, 0.15) is 20.8 Å². The summed E-state index contributed by atoms with van der Waals surface area (Å²) >= 11 is 0. The molecule has 5 nitrogen and oxygen atoms in total. The van der Waals surface area contributed by atoms with Crippen molar-refractivity contribution in [2.45, 2.75) is 20.8 Å². The van der Waals surface area contributed by atoms with Crippen molar-refractivity contribution >= 4 is 12.1 Å². The number of hydrogen-bond donors (Lipinski definition) is 1. The van der Waals surface area contributed by atoms with Crippen LogP contribution in [0.15, 0.2) is 0 Å². The average molecular weight is 189 g/mol. The molecule has 0 fully saturated rings. The van der Waals surface area contributed by atoms with E-state index in [1.807, 2.05) is 13.8 Å². The molecule has 5 heteroatoms. The Labute approximate surface area is 77.4 Å². The summed E-state index contributed by atoms with van der Waals surface area (Å²) in [6.45, 7) is 5.38. The lowest BCUT2D eigenvalue weighted by Gasteiger charge is -2.07. The van der Waals surface area contributed by atoms with Crippen molar-refractivity contribution in [1.82, 2.24) is 5.32 Å². The molecule has 1 amide bonds. The lowest BCUT2D eigenvalue weighted by Crippen LogP contribution is -2.28. The highest BCUT2D eigenvalue weighted by molar-refractivity contribution is 5.68. The van der Waals surface area contributed by atoms with Gasteiger partial charge in [-0.25, -0.2) is 4.79 Å². The predicted molar refractivity (Wildman–Crippen MR) is 46.0 cm³/mol. The summed E-state index contributed by atoms with van der Waals surface area (Å²) < 4.78 is 8.91. The second-order valence-electron chi connectivity index (χ2n) is 2.96. The molecule has 0 aliphatic rings. The monoisotopic (exact) mass is 189 g/mol. The van der Waals surface area contributed by atoms with Crippen LogP contribution < -0.4 is 5.32 Å². The smallest absolute Gasteiger partial charge is 0.410 e. The van der Waals surface area contributed by atoms with Gasteiger partial charge in [0.05, 0.1) is 0 Å². The second kappa shape index (κ2) is 6.28. The molecular weight excluding hydrogens is 174 g/mol. The van der Waals surface area contributed by atoms with Crippen molar-refractivity contribution < 1.29 is 19.1 Å². The van der Waals surface area contributed by atoms with Crippen LogP contribution in [-0.4, -0.2) is 25.4 Å². The van der Waals surface area contributed by atoms with Gasteiger partial charge in [-0.15, -0.1) is 0 Å². The van der Waals surface area contributed by atoms with Gasteiger partial charge in [0.25, 0.3) is 0 Å². The van der Waals surface area contributed by atoms with E-state index in [0.29, 0.717) is 12.5 Å². The Kier molecular flexibility index (Phi) is 5.67. The minimum atomic E-state index is -0.574. The first-order chi connectivity index (χ1) is 6.02. The van der Waals surface area contributed by atoms with Crippen LogP contribution in [0.5, 0.6) is 0 Å². The minimum absolute atomic E-state index is 0.334. The second-order valence-corrected chi connectivity index (χ2v) is 2.96. The first kappa shape index (κ1) is 11.7. The molecule has 0 aliphatic heterocycles. The maximum absolute atomic E-state index is 10.8. The van der Waals surface area contributed by atoms with Crippen molar-refractivity contribution in [3.8, 4) is 0 Å². The third-order valence-corrected chi connectivity index (χ3v) is 1.11. The minimum Gasteiger partial charge on any atom is -0.428 e. The number of ether oxygens (including phenoxy) is 2. The van der Waals surface area contributed by atoms with Crippen molar-refractivity contribution in [2.75, 3.05) is 13.3 Å². The third-order valence-electron chi connectivity index (χ3n) is 1.11. The molecule has 0 saturated heterocycles. The zero-order chi connectivity index (χ0) is 10.3. The molecular formula is C8H15NO4. The summed E-state index contributed by atoms with van der Waals surface area (Å²) in [7, 11) is 0. The fourth-order valence-corrected chi connectivity index (χ4v) is 0.504. The number of alkyl carbamates (subject to hydrolysis) is 1. The van der Waals surface area contributed by atoms with Crippen LogP contribution in [0.4, 0.5) is 4.79 Å². The van der Waals surface area contributed by atoms with E-state index < -0.39 is 12.1 Å². The molecule has 0 aliphatic carbocycles. The van der Waals surface area contributed by atoms with Crippen LogP contribution in [0.2, 0.25) is 0 Å². The van der Waals surface area contributed by atoms with Crippen LogP contribution >= 0.6 is 0 Å². The largest absolute Gasteiger partial charge is 0.428 e. The summed E-state index contributed by atoms with van der Waals surface area (Å²) in [5.41, 5.74) is 0. The molecule has 0 saturated carbocycles. The van der Waals surface area contributed by atoms with Gasteiger partial charge in [-0.1, -0.05) is 13.8 Å². The Morgan fingerprint density at radius 1 is 1.31 bits per heavy atom. The average Bonchev–Trinajstić information content (AvgIpc) is 2.00. The first-order valence-electron chi connectivity index (χ1n) is 4.06. The highest BCUT2D eigenvalue weighted by Gasteiger charge is 2.02. The Morgan fingerprint density at radius 3 is 2.38 bits per heavy atom. The summed E-state index contributed by atoms with van der Waals surface area (Å²) in [6.07, 6.45) is -0.574. The molecule has 1 N–H and O–H groups in total. The molecule has 0 radical (unpaired) electrons. The van der Waals surface area contributed by atoms with Crippen molar-refractivity contribution in [1.29, 1.82) is 0 Å². The van der Waals surface area contributed by atoms with Crippen molar-refractivity contribution in [3.05, 3.63) is 0 Å². The van der Waals surface area contributed by atoms with Gasteiger partial charge in [0.15, 0.2) is 0 Å². The normalized spacial score (nSPS) is 9.54. The van der Waals surface area contributed by atoms with Gasteiger partial charge in [0, 0.05) is 13.5 Å². The Balaban J connectivity index is 3.35. The summed E-state index contributed by atoms with van der Waals surface area (Å²) in [4.78, 5) is 21.1. The number of esters is 1. The standard InChI is InChI=1S/C8H15NO4/c1-6(2)4-9-8(11)13-5-12-7(3)10/h6H,4-5H2,1-3H3,(H,9,11). The number of amides is 1. The Bertz CT molecular complexity index is 179. The van der Waals surface area contributed by atoms with Crippen LogP contribution in [0.3, 0.4) is 0 Å². The molecule has 0 aromatic heterocycles. The Hall–Kier alpha value is -1.26. The van der Waals surface area contributed by atoms with Crippen LogP contribution in [0.25, 0.3) is 0 Å². The van der Waals surface area contributed by atoms with E-state index in [2.05, 4.69) is 14.8 Å². The zero-order valence-corrected chi connectivity index (χ0v) is 8.12. The Morgan fingerprint density at radius 2 is 1.92 bits per heavy atom. The highest BCUT2D eigenvalue weighted by Crippen LogP contribution is 1.88. The molecule has 0 rings (SSSR count). The molecule has 13 heavy (non-hydrogen) atoms. The fraction of sp³-hybridized carbons (Fsp3) is 0.750. The highest BCUT2D eigenvalue weighted by atomic mass is 16.7. The summed E-state index contributed by atoms with van der Waals surface area (Å²) in [5, 5.41) is 2.50. The fourth-order valence-electron chi connectivity index (χ4n) is 0.504. The lowest BCUT2D eigenvalue weighted by molar-refractivity contribution is -0.149. The van der Waals surface area contributed by atoms with Crippen LogP contribution in [0, 0.1) is 5.92 Å². The number of rotatable bonds is 4. The van der Waals surface area contributed by atoms with Gasteiger partial charge in [0.1, 0.15) is 0 Å². The van der Waals surface area contributed by atoms with Gasteiger partial charge >= 0.3 is 12.1 Å². The predicted octanol–water partition coefficient (Wildman–Crippen LogP) is 0.889. The number of nitrogens with one attached hydrogen (secondary N) is 1. The van der Waals surface area contributed by atoms with Gasteiger partial charge in [0.2, 0.25) is 6.79 Å². The molecule has 0 aromatic carbocycles. The summed E-state index contributed by atoms with van der Waals surface area (Å²) in [5.74, 6) is -0.113. The maximum atomic E-state index is 10.8. The first-order valence-corrected chi connectivity index (χ1v) is 4.06. The molecule has 0 aromatic rings. The SMILES string of the molecule is CC(=O)OCOC(=O)NCC(C)C. The number of hydrogen-bond acceptors (Lipinski definition) is 4. The van der Waals surface area contributed by atoms with E-state index in [9.17, 15) is 9.59 Å². The molecule has 76 valence electrons. The number of carbonyl (C=O) groups excluding carboxylic acids is 2. The van der Waals surface area contributed by atoms with E-state index in [1.165, 1.54) is 6.92 Å². The van der Waals surface area contributed by atoms with Gasteiger partial charge in [-0.2, -0.15) is 0 Å².